The molecule has 0 aliphatic carbocycles. The first-order chi connectivity index (χ1) is 14.5. The molecule has 2 amide bonds. The van der Waals surface area contributed by atoms with E-state index in [1.54, 1.807) is 11.3 Å². The van der Waals surface area contributed by atoms with Gasteiger partial charge in [-0.15, -0.1) is 11.3 Å². The van der Waals surface area contributed by atoms with Crippen LogP contribution in [0.4, 0.5) is 0 Å². The second-order valence-corrected chi connectivity index (χ2v) is 8.91. The van der Waals surface area contributed by atoms with Gasteiger partial charge in [0.25, 0.3) is 0 Å². The van der Waals surface area contributed by atoms with Gasteiger partial charge in [-0.1, -0.05) is 50.2 Å². The van der Waals surface area contributed by atoms with Crippen molar-refractivity contribution in [3.63, 3.8) is 0 Å². The Morgan fingerprint density at radius 1 is 1.10 bits per heavy atom. The van der Waals surface area contributed by atoms with Crippen LogP contribution in [0.25, 0.3) is 0 Å². The Labute approximate surface area is 182 Å². The molecule has 1 aliphatic rings. The molecule has 162 valence electrons. The van der Waals surface area contributed by atoms with Crippen molar-refractivity contribution in [2.24, 2.45) is 5.92 Å². The molecule has 2 atom stereocenters. The van der Waals surface area contributed by atoms with Crippen molar-refractivity contribution in [2.75, 3.05) is 32.8 Å². The summed E-state index contributed by atoms with van der Waals surface area (Å²) >= 11 is 1.70. The molecule has 0 saturated carbocycles. The van der Waals surface area contributed by atoms with Gasteiger partial charge in [0.15, 0.2) is 0 Å². The van der Waals surface area contributed by atoms with Crippen molar-refractivity contribution >= 4 is 23.2 Å². The largest absolute Gasteiger partial charge is 0.379 e. The summed E-state index contributed by atoms with van der Waals surface area (Å²) < 4.78 is 5.49. The van der Waals surface area contributed by atoms with Gasteiger partial charge >= 0.3 is 0 Å². The van der Waals surface area contributed by atoms with E-state index in [1.165, 1.54) is 4.88 Å². The van der Waals surface area contributed by atoms with Gasteiger partial charge in [0.1, 0.15) is 6.04 Å². The van der Waals surface area contributed by atoms with E-state index in [0.717, 1.165) is 18.7 Å². The van der Waals surface area contributed by atoms with Crippen LogP contribution in [0.2, 0.25) is 0 Å². The zero-order valence-electron chi connectivity index (χ0n) is 17.7. The van der Waals surface area contributed by atoms with Gasteiger partial charge in [-0.05, 0) is 22.9 Å². The van der Waals surface area contributed by atoms with Gasteiger partial charge in [0.2, 0.25) is 11.8 Å². The summed E-state index contributed by atoms with van der Waals surface area (Å²) in [6, 6.07) is 13.0. The number of ether oxygens (including phenoxy) is 1. The summed E-state index contributed by atoms with van der Waals surface area (Å²) in [5, 5.41) is 8.08. The Morgan fingerprint density at radius 3 is 2.47 bits per heavy atom. The monoisotopic (exact) mass is 429 g/mol. The van der Waals surface area contributed by atoms with Crippen LogP contribution in [0.3, 0.4) is 0 Å². The smallest absolute Gasteiger partial charge is 0.247 e. The number of benzene rings is 1. The third-order valence-electron chi connectivity index (χ3n) is 5.12. The van der Waals surface area contributed by atoms with E-state index in [0.29, 0.717) is 26.2 Å². The maximum Gasteiger partial charge on any atom is 0.247 e. The van der Waals surface area contributed by atoms with Crippen LogP contribution in [-0.4, -0.2) is 49.6 Å². The highest BCUT2D eigenvalue weighted by atomic mass is 32.1. The van der Waals surface area contributed by atoms with Crippen LogP contribution < -0.4 is 10.6 Å². The molecule has 0 radical (unpaired) electrons. The third-order valence-corrected chi connectivity index (χ3v) is 6.10. The summed E-state index contributed by atoms with van der Waals surface area (Å²) in [5.41, 5.74) is 0.783. The van der Waals surface area contributed by atoms with E-state index in [9.17, 15) is 9.59 Å². The fraction of sp³-hybridized carbons (Fsp3) is 0.478. The van der Waals surface area contributed by atoms with Crippen molar-refractivity contribution in [1.29, 1.82) is 0 Å². The molecular formula is C23H31N3O3S. The van der Waals surface area contributed by atoms with Gasteiger partial charge in [0, 0.05) is 30.9 Å². The predicted octanol–water partition coefficient (Wildman–Crippen LogP) is 3.14. The summed E-state index contributed by atoms with van der Waals surface area (Å²) in [5.74, 6) is -0.0703. The lowest BCUT2D eigenvalue weighted by molar-refractivity contribution is -0.129. The minimum atomic E-state index is -0.703. The first-order valence-electron chi connectivity index (χ1n) is 10.5. The van der Waals surface area contributed by atoms with Gasteiger partial charge < -0.3 is 15.4 Å². The van der Waals surface area contributed by atoms with Crippen LogP contribution in [0, 0.1) is 5.92 Å². The number of carbonyl (C=O) groups excluding carboxylic acids is 2. The van der Waals surface area contributed by atoms with Crippen molar-refractivity contribution in [3.05, 3.63) is 58.3 Å². The molecule has 1 aromatic heterocycles. The van der Waals surface area contributed by atoms with Gasteiger partial charge in [-0.25, -0.2) is 0 Å². The minimum absolute atomic E-state index is 0.0978. The molecule has 1 aromatic carbocycles. The van der Waals surface area contributed by atoms with E-state index >= 15 is 0 Å². The number of amides is 2. The number of morpholine rings is 1. The van der Waals surface area contributed by atoms with Gasteiger partial charge in [0.05, 0.1) is 19.3 Å². The van der Waals surface area contributed by atoms with Crippen molar-refractivity contribution in [3.8, 4) is 0 Å². The number of rotatable bonds is 9. The Morgan fingerprint density at radius 2 is 1.83 bits per heavy atom. The molecule has 30 heavy (non-hydrogen) atoms. The fourth-order valence-electron chi connectivity index (χ4n) is 3.62. The summed E-state index contributed by atoms with van der Waals surface area (Å²) in [6.07, 6.45) is 0.391. The molecule has 0 spiro atoms. The molecule has 3 rings (SSSR count). The topological polar surface area (TPSA) is 70.7 Å². The SMILES string of the molecule is CC(C)CC(=O)NC(C(=O)NCC(c1cccs1)N1CCOCC1)c1ccccc1. The summed E-state index contributed by atoms with van der Waals surface area (Å²) in [4.78, 5) is 29.1. The number of nitrogens with one attached hydrogen (secondary N) is 2. The maximum absolute atomic E-state index is 13.2. The zero-order chi connectivity index (χ0) is 21.3. The lowest BCUT2D eigenvalue weighted by atomic mass is 10.0. The standard InChI is InChI=1S/C23H31N3O3S/c1-17(2)15-21(27)25-22(18-7-4-3-5-8-18)23(28)24-16-19(20-9-6-14-30-20)26-10-12-29-13-11-26/h3-9,14,17,19,22H,10-13,15-16H2,1-2H3,(H,24,28)(H,25,27). The van der Waals surface area contributed by atoms with Crippen molar-refractivity contribution in [1.82, 2.24) is 15.5 Å². The predicted molar refractivity (Wildman–Crippen MR) is 119 cm³/mol. The van der Waals surface area contributed by atoms with Gasteiger partial charge in [-0.2, -0.15) is 0 Å². The second kappa shape index (κ2) is 11.2. The molecule has 2 unspecified atom stereocenters. The Bertz CT molecular complexity index is 789. The first kappa shape index (κ1) is 22.5. The van der Waals surface area contributed by atoms with Crippen LogP contribution in [0.15, 0.2) is 47.8 Å². The number of carbonyl (C=O) groups is 2. The quantitative estimate of drug-likeness (QED) is 0.643. The zero-order valence-corrected chi connectivity index (χ0v) is 18.5. The lowest BCUT2D eigenvalue weighted by Gasteiger charge is -2.34. The Hall–Kier alpha value is -2.22. The van der Waals surface area contributed by atoms with Gasteiger partial charge in [-0.3, -0.25) is 14.5 Å². The summed E-state index contributed by atoms with van der Waals surface area (Å²) in [6.45, 7) is 7.55. The molecule has 1 aliphatic heterocycles. The normalized spacial score (nSPS) is 16.8. The number of thiophene rings is 1. The first-order valence-corrected chi connectivity index (χ1v) is 11.4. The minimum Gasteiger partial charge on any atom is -0.379 e. The van der Waals surface area contributed by atoms with Crippen LogP contribution in [0.5, 0.6) is 0 Å². The Kier molecular flexibility index (Phi) is 8.42. The Balaban J connectivity index is 1.71. The average molecular weight is 430 g/mol. The van der Waals surface area contributed by atoms with E-state index in [1.807, 2.05) is 50.2 Å². The van der Waals surface area contributed by atoms with Crippen molar-refractivity contribution < 1.29 is 14.3 Å². The van der Waals surface area contributed by atoms with E-state index in [-0.39, 0.29) is 23.8 Å². The van der Waals surface area contributed by atoms with Crippen LogP contribution in [0.1, 0.15) is 42.8 Å². The van der Waals surface area contributed by atoms with E-state index < -0.39 is 6.04 Å². The molecule has 2 N–H and O–H groups in total. The molecule has 0 bridgehead atoms. The third kappa shape index (κ3) is 6.39. The van der Waals surface area contributed by atoms with Crippen LogP contribution >= 0.6 is 11.3 Å². The molecule has 2 heterocycles. The highest BCUT2D eigenvalue weighted by Crippen LogP contribution is 2.25. The molecular weight excluding hydrogens is 398 g/mol. The molecule has 1 saturated heterocycles. The summed E-state index contributed by atoms with van der Waals surface area (Å²) in [7, 11) is 0. The number of hydrogen-bond acceptors (Lipinski definition) is 5. The molecule has 1 fully saturated rings. The average Bonchev–Trinajstić information content (AvgIpc) is 3.27. The maximum atomic E-state index is 13.2. The second-order valence-electron chi connectivity index (χ2n) is 7.93. The molecule has 2 aromatic rings. The fourth-order valence-corrected chi connectivity index (χ4v) is 4.48. The number of nitrogens with zero attached hydrogens (tertiary/aromatic N) is 1. The highest BCUT2D eigenvalue weighted by Gasteiger charge is 2.27. The molecule has 7 heteroatoms. The highest BCUT2D eigenvalue weighted by molar-refractivity contribution is 7.10. The number of hydrogen-bond donors (Lipinski definition) is 2. The van der Waals surface area contributed by atoms with E-state index in [4.69, 9.17) is 4.74 Å². The van der Waals surface area contributed by atoms with E-state index in [2.05, 4.69) is 27.0 Å². The lowest BCUT2D eigenvalue weighted by Crippen LogP contribution is -2.46. The van der Waals surface area contributed by atoms with Crippen LogP contribution in [-0.2, 0) is 14.3 Å². The molecule has 6 nitrogen and oxygen atoms in total. The van der Waals surface area contributed by atoms with Crippen molar-refractivity contribution in [2.45, 2.75) is 32.4 Å².